The van der Waals surface area contributed by atoms with Crippen molar-refractivity contribution >= 4 is 17.7 Å². The largest absolute Gasteiger partial charge is 0.337 e. The Morgan fingerprint density at radius 1 is 1.08 bits per heavy atom. The molecule has 0 radical (unpaired) electrons. The van der Waals surface area contributed by atoms with Crippen molar-refractivity contribution < 1.29 is 14.4 Å². The van der Waals surface area contributed by atoms with Crippen LogP contribution in [0.3, 0.4) is 0 Å². The molecule has 3 amide bonds. The lowest BCUT2D eigenvalue weighted by atomic mass is 9.85. The van der Waals surface area contributed by atoms with E-state index in [0.717, 1.165) is 4.68 Å². The SMILES string of the molecule is O=C(Cn1ncccc1=O)N1CC(N2C(=O)C3CC=CCC3C2=O)C1. The molecule has 2 aliphatic heterocycles. The number of amides is 3. The van der Waals surface area contributed by atoms with E-state index in [1.807, 2.05) is 12.2 Å². The average Bonchev–Trinajstić information content (AvgIpc) is 2.81. The highest BCUT2D eigenvalue weighted by atomic mass is 16.2. The van der Waals surface area contributed by atoms with E-state index in [2.05, 4.69) is 5.10 Å². The van der Waals surface area contributed by atoms with Crippen LogP contribution in [0.25, 0.3) is 0 Å². The third-order valence-electron chi connectivity index (χ3n) is 5.19. The van der Waals surface area contributed by atoms with Gasteiger partial charge < -0.3 is 4.90 Å². The van der Waals surface area contributed by atoms with E-state index >= 15 is 0 Å². The Morgan fingerprint density at radius 2 is 1.72 bits per heavy atom. The molecule has 3 heterocycles. The number of allylic oxidation sites excluding steroid dienone is 2. The van der Waals surface area contributed by atoms with Gasteiger partial charge >= 0.3 is 0 Å². The monoisotopic (exact) mass is 342 g/mol. The first-order valence-electron chi connectivity index (χ1n) is 8.38. The highest BCUT2D eigenvalue weighted by Gasteiger charge is 2.52. The quantitative estimate of drug-likeness (QED) is 0.540. The van der Waals surface area contributed by atoms with Crippen molar-refractivity contribution in [3.63, 3.8) is 0 Å². The predicted octanol–water partition coefficient (Wildman–Crippen LogP) is -0.595. The van der Waals surface area contributed by atoms with Crippen molar-refractivity contribution in [1.82, 2.24) is 19.6 Å². The zero-order chi connectivity index (χ0) is 17.6. The maximum Gasteiger partial charge on any atom is 0.267 e. The van der Waals surface area contributed by atoms with Gasteiger partial charge in [-0.3, -0.25) is 24.1 Å². The molecule has 2 unspecified atom stereocenters. The fourth-order valence-corrected chi connectivity index (χ4v) is 3.74. The van der Waals surface area contributed by atoms with Gasteiger partial charge in [0.15, 0.2) is 0 Å². The molecule has 8 nitrogen and oxygen atoms in total. The molecule has 0 bridgehead atoms. The van der Waals surface area contributed by atoms with Gasteiger partial charge in [0.05, 0.1) is 17.9 Å². The summed E-state index contributed by atoms with van der Waals surface area (Å²) in [5, 5.41) is 3.86. The second-order valence-corrected chi connectivity index (χ2v) is 6.67. The van der Waals surface area contributed by atoms with Crippen LogP contribution >= 0.6 is 0 Å². The van der Waals surface area contributed by atoms with E-state index in [1.54, 1.807) is 4.90 Å². The maximum absolute atomic E-state index is 12.5. The van der Waals surface area contributed by atoms with Crippen LogP contribution in [0.4, 0.5) is 0 Å². The summed E-state index contributed by atoms with van der Waals surface area (Å²) >= 11 is 0. The van der Waals surface area contributed by atoms with E-state index in [4.69, 9.17) is 0 Å². The van der Waals surface area contributed by atoms with Crippen LogP contribution in [0.2, 0.25) is 0 Å². The molecule has 3 aliphatic rings. The third kappa shape index (κ3) is 2.57. The van der Waals surface area contributed by atoms with Gasteiger partial charge in [0, 0.05) is 25.4 Å². The molecule has 8 heteroatoms. The summed E-state index contributed by atoms with van der Waals surface area (Å²) < 4.78 is 1.10. The molecule has 0 saturated carbocycles. The average molecular weight is 342 g/mol. The minimum atomic E-state index is -0.339. The molecular weight excluding hydrogens is 324 g/mol. The first kappa shape index (κ1) is 15.7. The smallest absolute Gasteiger partial charge is 0.267 e. The van der Waals surface area contributed by atoms with Gasteiger partial charge in [0.2, 0.25) is 17.7 Å². The van der Waals surface area contributed by atoms with Crippen molar-refractivity contribution in [2.75, 3.05) is 13.1 Å². The zero-order valence-electron chi connectivity index (χ0n) is 13.6. The lowest BCUT2D eigenvalue weighted by Gasteiger charge is -2.43. The Morgan fingerprint density at radius 3 is 2.32 bits per heavy atom. The number of rotatable bonds is 3. The van der Waals surface area contributed by atoms with E-state index in [9.17, 15) is 19.2 Å². The highest BCUT2D eigenvalue weighted by molar-refractivity contribution is 6.06. The fourth-order valence-electron chi connectivity index (χ4n) is 3.74. The maximum atomic E-state index is 12.5. The molecule has 1 aliphatic carbocycles. The molecule has 2 fully saturated rings. The summed E-state index contributed by atoms with van der Waals surface area (Å²) in [7, 11) is 0. The van der Waals surface area contributed by atoms with Gasteiger partial charge in [-0.2, -0.15) is 5.10 Å². The van der Waals surface area contributed by atoms with Gasteiger partial charge in [-0.1, -0.05) is 12.2 Å². The molecule has 0 spiro atoms. The standard InChI is InChI=1S/C17H18N4O4/c22-14-6-3-7-18-20(14)10-15(23)19-8-11(9-19)21-16(24)12-4-1-2-5-13(12)17(21)25/h1-3,6-7,11-13H,4-5,8-10H2. The summed E-state index contributed by atoms with van der Waals surface area (Å²) in [4.78, 5) is 51.8. The van der Waals surface area contributed by atoms with Crippen LogP contribution in [0.5, 0.6) is 0 Å². The molecular formula is C17H18N4O4. The number of carbonyl (C=O) groups excluding carboxylic acids is 3. The summed E-state index contributed by atoms with van der Waals surface area (Å²) in [6.45, 7) is 0.513. The summed E-state index contributed by atoms with van der Waals surface area (Å²) in [5.74, 6) is -0.950. The molecule has 4 rings (SSSR count). The van der Waals surface area contributed by atoms with Gasteiger partial charge in [0.1, 0.15) is 6.54 Å². The lowest BCUT2D eigenvalue weighted by Crippen LogP contribution is -2.63. The molecule has 2 saturated heterocycles. The molecule has 0 aromatic carbocycles. The first-order valence-corrected chi connectivity index (χ1v) is 8.38. The van der Waals surface area contributed by atoms with E-state index < -0.39 is 0 Å². The van der Waals surface area contributed by atoms with Gasteiger partial charge in [-0.15, -0.1) is 0 Å². The number of likely N-dealkylation sites (tertiary alicyclic amines) is 2. The van der Waals surface area contributed by atoms with Crippen LogP contribution in [0.1, 0.15) is 12.8 Å². The molecule has 130 valence electrons. The molecule has 1 aromatic rings. The minimum absolute atomic E-state index is 0.114. The lowest BCUT2D eigenvalue weighted by molar-refractivity contribution is -0.153. The fraction of sp³-hybridized carbons (Fsp3) is 0.471. The number of hydrogen-bond acceptors (Lipinski definition) is 5. The van der Waals surface area contributed by atoms with Crippen molar-refractivity contribution in [2.45, 2.75) is 25.4 Å². The van der Waals surface area contributed by atoms with Crippen LogP contribution < -0.4 is 5.56 Å². The minimum Gasteiger partial charge on any atom is -0.337 e. The molecule has 1 aromatic heterocycles. The van der Waals surface area contributed by atoms with Crippen LogP contribution in [0.15, 0.2) is 35.3 Å². The van der Waals surface area contributed by atoms with E-state index in [0.29, 0.717) is 25.9 Å². The Balaban J connectivity index is 1.38. The van der Waals surface area contributed by atoms with Gasteiger partial charge in [-0.25, -0.2) is 4.68 Å². The Bertz CT molecular complexity index is 798. The summed E-state index contributed by atoms with van der Waals surface area (Å²) in [6, 6.07) is 2.60. The van der Waals surface area contributed by atoms with Crippen molar-refractivity contribution in [1.29, 1.82) is 0 Å². The Labute approximate surface area is 143 Å². The third-order valence-corrected chi connectivity index (χ3v) is 5.19. The number of nitrogens with zero attached hydrogens (tertiary/aromatic N) is 4. The molecule has 2 atom stereocenters. The summed E-state index contributed by atoms with van der Waals surface area (Å²) in [6.07, 6.45) is 6.59. The van der Waals surface area contributed by atoms with Gasteiger partial charge in [0.25, 0.3) is 5.56 Å². The van der Waals surface area contributed by atoms with Gasteiger partial charge in [-0.05, 0) is 18.9 Å². The van der Waals surface area contributed by atoms with Crippen LogP contribution in [0, 0.1) is 11.8 Å². The van der Waals surface area contributed by atoms with Crippen LogP contribution in [-0.4, -0.2) is 56.4 Å². The number of hydrogen-bond donors (Lipinski definition) is 0. The first-order chi connectivity index (χ1) is 12.1. The molecule has 25 heavy (non-hydrogen) atoms. The zero-order valence-corrected chi connectivity index (χ0v) is 13.6. The van der Waals surface area contributed by atoms with Crippen molar-refractivity contribution in [3.8, 4) is 0 Å². The highest BCUT2D eigenvalue weighted by Crippen LogP contribution is 2.37. The predicted molar refractivity (Wildman–Crippen MR) is 86.1 cm³/mol. The van der Waals surface area contributed by atoms with E-state index in [1.165, 1.54) is 23.2 Å². The normalized spacial score (nSPS) is 25.9. The number of aromatic nitrogens is 2. The topological polar surface area (TPSA) is 92.6 Å². The van der Waals surface area contributed by atoms with Crippen LogP contribution in [-0.2, 0) is 20.9 Å². The summed E-state index contributed by atoms with van der Waals surface area (Å²) in [5.41, 5.74) is -0.339. The van der Waals surface area contributed by atoms with Crippen molar-refractivity contribution in [2.24, 2.45) is 11.8 Å². The Kier molecular flexibility index (Phi) is 3.74. The Hall–Kier alpha value is -2.77. The van der Waals surface area contributed by atoms with E-state index in [-0.39, 0.29) is 47.7 Å². The number of fused-ring (bicyclic) bond motifs is 1. The van der Waals surface area contributed by atoms with Crippen molar-refractivity contribution in [3.05, 3.63) is 40.8 Å². The molecule has 0 N–H and O–H groups in total. The second-order valence-electron chi connectivity index (χ2n) is 6.67. The number of carbonyl (C=O) groups is 3. The second kappa shape index (κ2) is 5.94. The number of imide groups is 1.